The van der Waals surface area contributed by atoms with Crippen LogP contribution in [0.15, 0.2) is 54.4 Å². The van der Waals surface area contributed by atoms with Gasteiger partial charge >= 0.3 is 6.18 Å². The van der Waals surface area contributed by atoms with Crippen molar-refractivity contribution < 1.29 is 23.1 Å². The number of amides is 1. The molecule has 5 nitrogen and oxygen atoms in total. The van der Waals surface area contributed by atoms with Gasteiger partial charge in [0.25, 0.3) is 5.91 Å². The van der Waals surface area contributed by atoms with Crippen molar-refractivity contribution in [1.29, 1.82) is 0 Å². The number of aromatic nitrogens is 2. The molecular formula is C18H11F3N3O2. The van der Waals surface area contributed by atoms with Gasteiger partial charge in [-0.25, -0.2) is 0 Å². The van der Waals surface area contributed by atoms with Gasteiger partial charge in [0.15, 0.2) is 0 Å². The predicted octanol–water partition coefficient (Wildman–Crippen LogP) is 3.91. The summed E-state index contributed by atoms with van der Waals surface area (Å²) < 4.78 is 38.3. The van der Waals surface area contributed by atoms with Gasteiger partial charge in [-0.1, -0.05) is 12.1 Å². The lowest BCUT2D eigenvalue weighted by atomic mass is 10.0. The smallest absolute Gasteiger partial charge is 0.416 e. The molecule has 26 heavy (non-hydrogen) atoms. The number of hydrogen-bond donors (Lipinski definition) is 2. The Morgan fingerprint density at radius 1 is 1.15 bits per heavy atom. The fraction of sp³-hybridized carbons (Fsp3) is 0.111. The number of halogens is 3. The van der Waals surface area contributed by atoms with Crippen LogP contribution in [0.3, 0.4) is 0 Å². The number of rotatable bonds is 2. The normalized spacial score (nSPS) is 17.8. The van der Waals surface area contributed by atoms with E-state index >= 15 is 0 Å². The number of fused-ring (bicyclic) bond motifs is 1. The second-order valence-electron chi connectivity index (χ2n) is 5.85. The molecule has 4 rings (SSSR count). The highest BCUT2D eigenvalue weighted by atomic mass is 19.4. The van der Waals surface area contributed by atoms with Crippen LogP contribution in [0.25, 0.3) is 10.9 Å². The Hall–Kier alpha value is -3.29. The van der Waals surface area contributed by atoms with E-state index in [0.717, 1.165) is 17.5 Å². The van der Waals surface area contributed by atoms with Gasteiger partial charge in [0.1, 0.15) is 11.8 Å². The van der Waals surface area contributed by atoms with Crippen LogP contribution in [-0.2, 0) is 11.0 Å². The Morgan fingerprint density at radius 2 is 1.88 bits per heavy atom. The van der Waals surface area contributed by atoms with Gasteiger partial charge in [0, 0.05) is 11.1 Å². The Bertz CT molecular complexity index is 1020. The molecule has 8 heteroatoms. The summed E-state index contributed by atoms with van der Waals surface area (Å²) in [6, 6.07) is 8.48. The first-order valence-electron chi connectivity index (χ1n) is 7.61. The van der Waals surface area contributed by atoms with Crippen LogP contribution in [0.5, 0.6) is 0 Å². The summed E-state index contributed by atoms with van der Waals surface area (Å²) in [5, 5.41) is 17.7. The summed E-state index contributed by atoms with van der Waals surface area (Å²) in [6.45, 7) is 0. The van der Waals surface area contributed by atoms with Crippen molar-refractivity contribution in [3.05, 3.63) is 71.6 Å². The number of alkyl halides is 3. The van der Waals surface area contributed by atoms with Crippen LogP contribution >= 0.6 is 0 Å². The zero-order chi connectivity index (χ0) is 18.5. The van der Waals surface area contributed by atoms with Crippen molar-refractivity contribution in [2.24, 2.45) is 0 Å². The first-order valence-corrected chi connectivity index (χ1v) is 7.61. The van der Waals surface area contributed by atoms with Crippen LogP contribution in [-0.4, -0.2) is 21.2 Å². The number of H-pyrrole nitrogens is 1. The topological polar surface area (TPSA) is 69.2 Å². The molecule has 0 spiro atoms. The van der Waals surface area contributed by atoms with Crippen molar-refractivity contribution >= 4 is 22.5 Å². The quantitative estimate of drug-likeness (QED) is 0.730. The van der Waals surface area contributed by atoms with Crippen molar-refractivity contribution in [2.75, 3.05) is 4.90 Å². The highest BCUT2D eigenvalue weighted by molar-refractivity contribution is 6.03. The van der Waals surface area contributed by atoms with E-state index in [4.69, 9.17) is 0 Å². The third kappa shape index (κ3) is 2.59. The lowest BCUT2D eigenvalue weighted by Gasteiger charge is -2.26. The first-order chi connectivity index (χ1) is 12.3. The molecule has 0 saturated heterocycles. The van der Waals surface area contributed by atoms with Gasteiger partial charge in [-0.05, 0) is 35.9 Å². The number of aliphatic hydroxyl groups is 1. The molecule has 2 N–H and O–H groups in total. The van der Waals surface area contributed by atoms with Gasteiger partial charge in [0.2, 0.25) is 0 Å². The number of hydrogen-bond acceptors (Lipinski definition) is 3. The average molecular weight is 358 g/mol. The van der Waals surface area contributed by atoms with E-state index in [1.165, 1.54) is 17.0 Å². The molecule has 0 fully saturated rings. The molecule has 1 amide bonds. The van der Waals surface area contributed by atoms with E-state index in [0.29, 0.717) is 16.8 Å². The van der Waals surface area contributed by atoms with Crippen LogP contribution in [0.2, 0.25) is 0 Å². The summed E-state index contributed by atoms with van der Waals surface area (Å²) in [4.78, 5) is 13.6. The molecule has 0 aliphatic carbocycles. The Labute approximate surface area is 145 Å². The maximum absolute atomic E-state index is 12.8. The molecule has 1 unspecified atom stereocenters. The van der Waals surface area contributed by atoms with Crippen molar-refractivity contribution in [2.45, 2.75) is 12.2 Å². The summed E-state index contributed by atoms with van der Waals surface area (Å²) in [7, 11) is 0. The third-order valence-electron chi connectivity index (χ3n) is 4.23. The standard InChI is InChI=1S/C18H11F3N3O2/c19-18(20,21)12-4-1-10(2-5-12)17-15(25)8-16(26)24(17)13-6-3-11-9-22-23-14(11)7-13/h1-7,9,17,25H,(H,22,23). The predicted molar refractivity (Wildman–Crippen MR) is 87.1 cm³/mol. The molecule has 0 bridgehead atoms. The zero-order valence-electron chi connectivity index (χ0n) is 13.1. The highest BCUT2D eigenvalue weighted by Gasteiger charge is 2.37. The molecule has 1 aliphatic rings. The number of nitrogens with zero attached hydrogens (tertiary/aromatic N) is 2. The highest BCUT2D eigenvalue weighted by Crippen LogP contribution is 2.38. The third-order valence-corrected chi connectivity index (χ3v) is 4.23. The van der Waals surface area contributed by atoms with Gasteiger partial charge < -0.3 is 5.11 Å². The minimum atomic E-state index is -4.46. The van der Waals surface area contributed by atoms with E-state index in [-0.39, 0.29) is 5.76 Å². The maximum atomic E-state index is 12.8. The molecule has 0 saturated carbocycles. The minimum absolute atomic E-state index is 0.346. The molecular weight excluding hydrogens is 347 g/mol. The summed E-state index contributed by atoms with van der Waals surface area (Å²) >= 11 is 0. The van der Waals surface area contributed by atoms with E-state index in [9.17, 15) is 23.1 Å². The Kier molecular flexibility index (Phi) is 3.50. The van der Waals surface area contributed by atoms with E-state index in [1.54, 1.807) is 24.4 Å². The molecule has 2 aromatic carbocycles. The Balaban J connectivity index is 1.75. The molecule has 1 radical (unpaired) electrons. The molecule has 131 valence electrons. The fourth-order valence-electron chi connectivity index (χ4n) is 2.98. The van der Waals surface area contributed by atoms with E-state index < -0.39 is 23.7 Å². The van der Waals surface area contributed by atoms with Crippen molar-refractivity contribution in [3.8, 4) is 0 Å². The van der Waals surface area contributed by atoms with Crippen molar-refractivity contribution in [3.63, 3.8) is 0 Å². The lowest BCUT2D eigenvalue weighted by molar-refractivity contribution is -0.137. The minimum Gasteiger partial charge on any atom is -0.509 e. The number of nitrogens with one attached hydrogen (secondary N) is 1. The molecule has 2 heterocycles. The molecule has 3 aromatic rings. The summed E-state index contributed by atoms with van der Waals surface area (Å²) in [6.07, 6.45) is -0.522. The van der Waals surface area contributed by atoms with Crippen molar-refractivity contribution in [1.82, 2.24) is 10.2 Å². The van der Waals surface area contributed by atoms with Crippen LogP contribution in [0.4, 0.5) is 18.9 Å². The zero-order valence-corrected chi connectivity index (χ0v) is 13.1. The number of aromatic amines is 1. The number of benzene rings is 2. The average Bonchev–Trinajstić information content (AvgIpc) is 3.17. The number of carbonyl (C=O) groups is 1. The first kappa shape index (κ1) is 16.2. The number of anilines is 1. The van der Waals surface area contributed by atoms with Crippen LogP contribution in [0, 0.1) is 6.08 Å². The van der Waals surface area contributed by atoms with E-state index in [1.807, 2.05) is 0 Å². The van der Waals surface area contributed by atoms with Gasteiger partial charge in [-0.3, -0.25) is 14.8 Å². The summed E-state index contributed by atoms with van der Waals surface area (Å²) in [5.41, 5.74) is 0.697. The van der Waals surface area contributed by atoms with Gasteiger partial charge in [0.05, 0.1) is 23.4 Å². The van der Waals surface area contributed by atoms with Crippen LogP contribution < -0.4 is 4.90 Å². The second kappa shape index (κ2) is 5.62. The van der Waals surface area contributed by atoms with Crippen LogP contribution in [0.1, 0.15) is 17.2 Å². The fourth-order valence-corrected chi connectivity index (χ4v) is 2.98. The number of aliphatic hydroxyl groups excluding tert-OH is 1. The Morgan fingerprint density at radius 3 is 2.58 bits per heavy atom. The monoisotopic (exact) mass is 358 g/mol. The molecule has 1 aliphatic heterocycles. The molecule has 1 atom stereocenters. The lowest BCUT2D eigenvalue weighted by Crippen LogP contribution is -2.29. The maximum Gasteiger partial charge on any atom is 0.416 e. The van der Waals surface area contributed by atoms with Gasteiger partial charge in [-0.2, -0.15) is 18.3 Å². The van der Waals surface area contributed by atoms with Gasteiger partial charge in [-0.15, -0.1) is 0 Å². The SMILES string of the molecule is O=C1[C]=C(O)C(c2ccc(C(F)(F)F)cc2)N1c1ccc2cn[nH]c2c1. The molecule has 1 aromatic heterocycles. The number of carbonyl (C=O) groups excluding carboxylic acids is 1. The summed E-state index contributed by atoms with van der Waals surface area (Å²) in [5.74, 6) is -0.925. The largest absolute Gasteiger partial charge is 0.509 e. The second-order valence-corrected chi connectivity index (χ2v) is 5.85. The van der Waals surface area contributed by atoms with E-state index in [2.05, 4.69) is 16.3 Å².